The lowest BCUT2D eigenvalue weighted by Crippen LogP contribution is -2.36. The first-order chi connectivity index (χ1) is 12.7. The molecule has 3 rings (SSSR count). The van der Waals surface area contributed by atoms with E-state index in [1.165, 1.54) is 6.07 Å². The Labute approximate surface area is 162 Å². The van der Waals surface area contributed by atoms with Crippen LogP contribution in [0.1, 0.15) is 41.0 Å². The van der Waals surface area contributed by atoms with Crippen LogP contribution in [-0.2, 0) is 10.0 Å². The molecule has 1 aliphatic heterocycles. The third-order valence-electron chi connectivity index (χ3n) is 4.62. The number of aromatic nitrogens is 1. The summed E-state index contributed by atoms with van der Waals surface area (Å²) < 4.78 is 41.6. The van der Waals surface area contributed by atoms with E-state index in [1.807, 2.05) is 0 Å². The molecule has 0 bridgehead atoms. The van der Waals surface area contributed by atoms with Crippen LogP contribution in [0.4, 0.5) is 10.1 Å². The molecule has 1 fully saturated rings. The minimum atomic E-state index is -4.11. The van der Waals surface area contributed by atoms with Gasteiger partial charge in [-0.25, -0.2) is 12.8 Å². The summed E-state index contributed by atoms with van der Waals surface area (Å²) in [5.74, 6) is -0.875. The van der Waals surface area contributed by atoms with Gasteiger partial charge in [-0.2, -0.15) is 0 Å². The van der Waals surface area contributed by atoms with Crippen molar-refractivity contribution >= 4 is 33.2 Å². The number of H-pyrrole nitrogens is 1. The summed E-state index contributed by atoms with van der Waals surface area (Å²) in [5.41, 5.74) is 1.04. The van der Waals surface area contributed by atoms with Gasteiger partial charge in [-0.05, 0) is 51.3 Å². The number of rotatable bonds is 4. The van der Waals surface area contributed by atoms with E-state index in [1.54, 1.807) is 18.7 Å². The Morgan fingerprint density at radius 1 is 1.19 bits per heavy atom. The lowest BCUT2D eigenvalue weighted by molar-refractivity contribution is 0.0720. The molecule has 0 saturated carbocycles. The SMILES string of the molecule is Cc1[nH]c(C)c(S(=O)(=O)Nc2ccc(F)cc2Cl)c1C(=O)N1CCCCC1. The molecule has 1 saturated heterocycles. The zero-order valence-electron chi connectivity index (χ0n) is 15.1. The molecule has 2 aromatic rings. The monoisotopic (exact) mass is 413 g/mol. The number of hydrogen-bond acceptors (Lipinski definition) is 3. The first-order valence-electron chi connectivity index (χ1n) is 8.67. The number of nitrogens with zero attached hydrogens (tertiary/aromatic N) is 1. The van der Waals surface area contributed by atoms with E-state index in [-0.39, 0.29) is 27.1 Å². The molecule has 1 aromatic heterocycles. The van der Waals surface area contributed by atoms with Gasteiger partial charge in [0.1, 0.15) is 10.7 Å². The number of aryl methyl sites for hydroxylation is 2. The average Bonchev–Trinajstić information content (AvgIpc) is 2.92. The highest BCUT2D eigenvalue weighted by Gasteiger charge is 2.32. The third-order valence-corrected chi connectivity index (χ3v) is 6.47. The van der Waals surface area contributed by atoms with Crippen LogP contribution in [0.5, 0.6) is 0 Å². The fraction of sp³-hybridized carbons (Fsp3) is 0.389. The zero-order valence-corrected chi connectivity index (χ0v) is 16.7. The maximum absolute atomic E-state index is 13.2. The molecule has 1 aromatic carbocycles. The van der Waals surface area contributed by atoms with Crippen LogP contribution in [0, 0.1) is 19.7 Å². The molecule has 1 amide bonds. The van der Waals surface area contributed by atoms with Gasteiger partial charge in [0.25, 0.3) is 15.9 Å². The number of carbonyl (C=O) groups excluding carboxylic acids is 1. The van der Waals surface area contributed by atoms with Gasteiger partial charge in [0.15, 0.2) is 0 Å². The van der Waals surface area contributed by atoms with Gasteiger partial charge in [0.05, 0.1) is 16.3 Å². The molecule has 0 spiro atoms. The van der Waals surface area contributed by atoms with Crippen molar-refractivity contribution in [2.45, 2.75) is 38.0 Å². The number of sulfonamides is 1. The second-order valence-electron chi connectivity index (χ2n) is 6.66. The Hall–Kier alpha value is -2.06. The van der Waals surface area contributed by atoms with Crippen molar-refractivity contribution in [1.29, 1.82) is 0 Å². The molecule has 146 valence electrons. The molecule has 9 heteroatoms. The quantitative estimate of drug-likeness (QED) is 0.798. The second-order valence-corrected chi connectivity index (χ2v) is 8.69. The lowest BCUT2D eigenvalue weighted by atomic mass is 10.1. The number of amides is 1. The first kappa shape index (κ1) is 19.7. The Kier molecular flexibility index (Phi) is 5.48. The van der Waals surface area contributed by atoms with Crippen molar-refractivity contribution in [2.24, 2.45) is 0 Å². The van der Waals surface area contributed by atoms with Crippen molar-refractivity contribution in [2.75, 3.05) is 17.8 Å². The standard InChI is InChI=1S/C18H21ClFN3O3S/c1-11-16(18(24)23-8-4-3-5-9-23)17(12(2)21-11)27(25,26)22-15-7-6-13(20)10-14(15)19/h6-7,10,21-22H,3-5,8-9H2,1-2H3. The smallest absolute Gasteiger partial charge is 0.264 e. The topological polar surface area (TPSA) is 82.3 Å². The fourth-order valence-electron chi connectivity index (χ4n) is 3.37. The van der Waals surface area contributed by atoms with Crippen LogP contribution < -0.4 is 4.72 Å². The lowest BCUT2D eigenvalue weighted by Gasteiger charge is -2.27. The summed E-state index contributed by atoms with van der Waals surface area (Å²) in [4.78, 5) is 17.5. The average molecular weight is 414 g/mol. The van der Waals surface area contributed by atoms with E-state index >= 15 is 0 Å². The normalized spacial score (nSPS) is 15.0. The van der Waals surface area contributed by atoms with Gasteiger partial charge in [-0.15, -0.1) is 0 Å². The molecule has 2 N–H and O–H groups in total. The van der Waals surface area contributed by atoms with E-state index < -0.39 is 15.8 Å². The van der Waals surface area contributed by atoms with Crippen LogP contribution in [0.3, 0.4) is 0 Å². The maximum Gasteiger partial charge on any atom is 0.264 e. The molecule has 0 radical (unpaired) electrons. The predicted octanol–water partition coefficient (Wildman–Crippen LogP) is 3.85. The number of hydrogen-bond donors (Lipinski definition) is 2. The molecule has 0 atom stereocenters. The molecule has 1 aliphatic rings. The minimum Gasteiger partial charge on any atom is -0.361 e. The highest BCUT2D eigenvalue weighted by atomic mass is 35.5. The number of halogens is 2. The Morgan fingerprint density at radius 2 is 1.85 bits per heavy atom. The van der Waals surface area contributed by atoms with Crippen LogP contribution in [0.25, 0.3) is 0 Å². The number of likely N-dealkylation sites (tertiary alicyclic amines) is 1. The molecule has 0 unspecified atom stereocenters. The summed E-state index contributed by atoms with van der Waals surface area (Å²) in [6.07, 6.45) is 2.87. The highest BCUT2D eigenvalue weighted by molar-refractivity contribution is 7.92. The van der Waals surface area contributed by atoms with Crippen molar-refractivity contribution in [3.8, 4) is 0 Å². The van der Waals surface area contributed by atoms with E-state index in [9.17, 15) is 17.6 Å². The van der Waals surface area contributed by atoms with Gasteiger partial charge >= 0.3 is 0 Å². The molecule has 27 heavy (non-hydrogen) atoms. The van der Waals surface area contributed by atoms with Crippen LogP contribution in [-0.4, -0.2) is 37.3 Å². The number of piperidine rings is 1. The van der Waals surface area contributed by atoms with E-state index in [0.717, 1.165) is 31.4 Å². The molecular formula is C18H21ClFN3O3S. The van der Waals surface area contributed by atoms with E-state index in [2.05, 4.69) is 9.71 Å². The molecule has 6 nitrogen and oxygen atoms in total. The van der Waals surface area contributed by atoms with Crippen LogP contribution in [0.15, 0.2) is 23.1 Å². The van der Waals surface area contributed by atoms with Crippen molar-refractivity contribution in [3.63, 3.8) is 0 Å². The summed E-state index contributed by atoms with van der Waals surface area (Å²) in [7, 11) is -4.11. The fourth-order valence-corrected chi connectivity index (χ4v) is 5.18. The van der Waals surface area contributed by atoms with Gasteiger partial charge in [-0.3, -0.25) is 9.52 Å². The Morgan fingerprint density at radius 3 is 2.48 bits per heavy atom. The molecule has 2 heterocycles. The third kappa shape index (κ3) is 3.96. The van der Waals surface area contributed by atoms with Gasteiger partial charge in [0, 0.05) is 24.5 Å². The summed E-state index contributed by atoms with van der Waals surface area (Å²) >= 11 is 5.94. The molecule has 0 aliphatic carbocycles. The number of aromatic amines is 1. The number of nitrogens with one attached hydrogen (secondary N) is 2. The number of anilines is 1. The number of benzene rings is 1. The number of carbonyl (C=O) groups is 1. The van der Waals surface area contributed by atoms with Crippen molar-refractivity contribution < 1.29 is 17.6 Å². The van der Waals surface area contributed by atoms with E-state index in [0.29, 0.717) is 24.5 Å². The largest absolute Gasteiger partial charge is 0.361 e. The van der Waals surface area contributed by atoms with E-state index in [4.69, 9.17) is 11.6 Å². The van der Waals surface area contributed by atoms with Gasteiger partial charge in [0.2, 0.25) is 0 Å². The first-order valence-corrected chi connectivity index (χ1v) is 10.5. The maximum atomic E-state index is 13.2. The van der Waals surface area contributed by atoms with Gasteiger partial charge < -0.3 is 9.88 Å². The second kappa shape index (κ2) is 7.52. The Bertz CT molecular complexity index is 982. The Balaban J connectivity index is 2.01. The summed E-state index contributed by atoms with van der Waals surface area (Å²) in [6, 6.07) is 3.38. The van der Waals surface area contributed by atoms with Gasteiger partial charge in [-0.1, -0.05) is 11.6 Å². The minimum absolute atomic E-state index is 0.0488. The van der Waals surface area contributed by atoms with Crippen LogP contribution in [0.2, 0.25) is 5.02 Å². The zero-order chi connectivity index (χ0) is 19.8. The van der Waals surface area contributed by atoms with Crippen molar-refractivity contribution in [1.82, 2.24) is 9.88 Å². The molecular weight excluding hydrogens is 393 g/mol. The summed E-state index contributed by atoms with van der Waals surface area (Å²) in [6.45, 7) is 4.49. The van der Waals surface area contributed by atoms with Crippen LogP contribution >= 0.6 is 11.6 Å². The van der Waals surface area contributed by atoms with Crippen molar-refractivity contribution in [3.05, 3.63) is 46.0 Å². The highest BCUT2D eigenvalue weighted by Crippen LogP contribution is 2.30. The summed E-state index contributed by atoms with van der Waals surface area (Å²) in [5, 5.41) is -0.0626. The predicted molar refractivity (Wildman–Crippen MR) is 102 cm³/mol.